The lowest BCUT2D eigenvalue weighted by molar-refractivity contribution is -0.200. The van der Waals surface area contributed by atoms with Gasteiger partial charge < -0.3 is 0 Å². The van der Waals surface area contributed by atoms with Gasteiger partial charge in [0, 0.05) is 10.6 Å². The SMILES string of the molecule is CCc1ccc(-c2ccc(Cl)cc2)cc1C1C(=O)[C@@H]2[C@@H](ON3[C@H]2C(C)(C)CC3(C)C)C1=O. The summed E-state index contributed by atoms with van der Waals surface area (Å²) in [5.41, 5.74) is 3.56. The van der Waals surface area contributed by atoms with Gasteiger partial charge in [0.2, 0.25) is 0 Å². The van der Waals surface area contributed by atoms with Crippen molar-refractivity contribution >= 4 is 23.2 Å². The predicted molar refractivity (Wildman–Crippen MR) is 125 cm³/mol. The van der Waals surface area contributed by atoms with E-state index in [1.165, 1.54) is 0 Å². The Morgan fingerprint density at radius 3 is 2.31 bits per heavy atom. The molecule has 4 atom stereocenters. The Hall–Kier alpha value is -2.01. The molecule has 5 heteroatoms. The van der Waals surface area contributed by atoms with E-state index in [-0.39, 0.29) is 28.6 Å². The fraction of sp³-hybridized carbons (Fsp3) is 0.481. The molecule has 3 fully saturated rings. The van der Waals surface area contributed by atoms with E-state index in [2.05, 4.69) is 40.7 Å². The number of fused-ring (bicyclic) bond motifs is 3. The van der Waals surface area contributed by atoms with Crippen molar-refractivity contribution in [1.82, 2.24) is 5.06 Å². The van der Waals surface area contributed by atoms with Crippen LogP contribution >= 0.6 is 11.6 Å². The zero-order valence-corrected chi connectivity index (χ0v) is 20.1. The van der Waals surface area contributed by atoms with Crippen LogP contribution in [0, 0.1) is 11.3 Å². The monoisotopic (exact) mass is 451 g/mol. The summed E-state index contributed by atoms with van der Waals surface area (Å²) in [6, 6.07) is 13.7. The van der Waals surface area contributed by atoms with Gasteiger partial charge in [-0.3, -0.25) is 14.4 Å². The van der Waals surface area contributed by atoms with Crippen molar-refractivity contribution in [3.8, 4) is 11.1 Å². The van der Waals surface area contributed by atoms with E-state index in [9.17, 15) is 9.59 Å². The summed E-state index contributed by atoms with van der Waals surface area (Å²) in [5.74, 6) is -1.24. The number of hydrogen-bond acceptors (Lipinski definition) is 4. The minimum atomic E-state index is -0.756. The first-order valence-electron chi connectivity index (χ1n) is 11.5. The Labute approximate surface area is 194 Å². The zero-order chi connectivity index (χ0) is 23.0. The number of Topliss-reactive ketones (excluding diaryl/α,β-unsaturated/α-hetero) is 2. The van der Waals surface area contributed by atoms with Gasteiger partial charge in [-0.15, -0.1) is 0 Å². The van der Waals surface area contributed by atoms with Crippen LogP contribution in [0.2, 0.25) is 5.02 Å². The van der Waals surface area contributed by atoms with Crippen molar-refractivity contribution in [3.63, 3.8) is 0 Å². The number of aryl methyl sites for hydroxylation is 1. The molecule has 2 aromatic carbocycles. The van der Waals surface area contributed by atoms with Crippen molar-refractivity contribution in [2.45, 2.75) is 71.1 Å². The van der Waals surface area contributed by atoms with Crippen molar-refractivity contribution < 1.29 is 14.4 Å². The largest absolute Gasteiger partial charge is 0.298 e. The molecule has 5 rings (SSSR count). The summed E-state index contributed by atoms with van der Waals surface area (Å²) in [6.45, 7) is 10.7. The molecular weight excluding hydrogens is 422 g/mol. The Morgan fingerprint density at radius 1 is 1.00 bits per heavy atom. The molecule has 3 aliphatic rings. The van der Waals surface area contributed by atoms with Crippen molar-refractivity contribution in [2.24, 2.45) is 11.3 Å². The van der Waals surface area contributed by atoms with Crippen molar-refractivity contribution in [2.75, 3.05) is 0 Å². The highest BCUT2D eigenvalue weighted by Gasteiger charge is 2.68. The summed E-state index contributed by atoms with van der Waals surface area (Å²) in [5, 5.41) is 2.64. The van der Waals surface area contributed by atoms with E-state index in [0.29, 0.717) is 5.02 Å². The minimum Gasteiger partial charge on any atom is -0.298 e. The Balaban J connectivity index is 1.56. The molecular formula is C27H30ClNO3. The Morgan fingerprint density at radius 2 is 1.66 bits per heavy atom. The van der Waals surface area contributed by atoms with Crippen LogP contribution in [0.5, 0.6) is 0 Å². The molecule has 0 spiro atoms. The number of nitrogens with zero attached hydrogens (tertiary/aromatic N) is 1. The summed E-state index contributed by atoms with van der Waals surface area (Å²) in [6.07, 6.45) is 1.00. The number of ketones is 2. The van der Waals surface area contributed by atoms with Gasteiger partial charge in [-0.2, -0.15) is 5.06 Å². The molecule has 2 aliphatic heterocycles. The van der Waals surface area contributed by atoms with Gasteiger partial charge in [0.25, 0.3) is 0 Å². The highest BCUT2D eigenvalue weighted by atomic mass is 35.5. The molecule has 168 valence electrons. The number of hydroxylamine groups is 2. The molecule has 2 saturated heterocycles. The van der Waals surface area contributed by atoms with Crippen LogP contribution in [0.15, 0.2) is 42.5 Å². The van der Waals surface area contributed by atoms with E-state index in [1.807, 2.05) is 41.5 Å². The van der Waals surface area contributed by atoms with Gasteiger partial charge in [0.15, 0.2) is 11.6 Å². The number of benzene rings is 2. The molecule has 4 nitrogen and oxygen atoms in total. The summed E-state index contributed by atoms with van der Waals surface area (Å²) < 4.78 is 0. The first kappa shape index (κ1) is 21.8. The zero-order valence-electron chi connectivity index (χ0n) is 19.3. The van der Waals surface area contributed by atoms with Crippen LogP contribution in [0.3, 0.4) is 0 Å². The van der Waals surface area contributed by atoms with Gasteiger partial charge in [0.1, 0.15) is 12.0 Å². The van der Waals surface area contributed by atoms with Gasteiger partial charge >= 0.3 is 0 Å². The number of hydrogen-bond donors (Lipinski definition) is 0. The average Bonchev–Trinajstić information content (AvgIpc) is 3.31. The third-order valence-electron chi connectivity index (χ3n) is 7.62. The van der Waals surface area contributed by atoms with Crippen molar-refractivity contribution in [1.29, 1.82) is 0 Å². The molecule has 2 heterocycles. The quantitative estimate of drug-likeness (QED) is 0.568. The average molecular weight is 452 g/mol. The number of carbonyl (C=O) groups is 2. The molecule has 1 saturated carbocycles. The van der Waals surface area contributed by atoms with Gasteiger partial charge in [-0.1, -0.05) is 56.6 Å². The highest BCUT2D eigenvalue weighted by Crippen LogP contribution is 2.57. The van der Waals surface area contributed by atoms with E-state index >= 15 is 0 Å². The van der Waals surface area contributed by atoms with Crippen molar-refractivity contribution in [3.05, 3.63) is 58.6 Å². The lowest BCUT2D eigenvalue weighted by atomic mass is 9.75. The van der Waals surface area contributed by atoms with E-state index in [0.717, 1.165) is 35.1 Å². The van der Waals surface area contributed by atoms with Crippen LogP contribution in [0.25, 0.3) is 11.1 Å². The molecule has 1 unspecified atom stereocenters. The number of halogens is 1. The van der Waals surface area contributed by atoms with E-state index in [1.54, 1.807) is 0 Å². The van der Waals surface area contributed by atoms with Gasteiger partial charge in [-0.25, -0.2) is 0 Å². The Kier molecular flexibility index (Phi) is 4.94. The lowest BCUT2D eigenvalue weighted by Gasteiger charge is -2.31. The van der Waals surface area contributed by atoms with E-state index < -0.39 is 17.9 Å². The summed E-state index contributed by atoms with van der Waals surface area (Å²) >= 11 is 6.05. The third-order valence-corrected chi connectivity index (χ3v) is 7.88. The second-order valence-corrected chi connectivity index (χ2v) is 11.2. The first-order valence-corrected chi connectivity index (χ1v) is 11.9. The fourth-order valence-corrected chi connectivity index (χ4v) is 6.66. The maximum atomic E-state index is 13.9. The molecule has 1 aliphatic carbocycles. The van der Waals surface area contributed by atoms with Gasteiger partial charge in [0.05, 0.1) is 12.0 Å². The van der Waals surface area contributed by atoms with E-state index in [4.69, 9.17) is 16.4 Å². The standard InChI is InChI=1S/C27H30ClNO3/c1-6-15-7-8-17(16-9-11-18(28)12-10-16)13-19(15)20-22(30)21-24(23(20)31)32-29-25(21)26(2,3)14-27(29,4)5/h7-13,20-21,24-25H,6,14H2,1-5H3/t20?,21-,24-,25-/m1/s1. The second kappa shape index (κ2) is 7.24. The maximum absolute atomic E-state index is 13.9. The van der Waals surface area contributed by atoms with Crippen LogP contribution in [0.4, 0.5) is 0 Å². The summed E-state index contributed by atoms with van der Waals surface area (Å²) in [7, 11) is 0. The van der Waals surface area contributed by atoms with Crippen LogP contribution in [-0.2, 0) is 20.8 Å². The second-order valence-electron chi connectivity index (χ2n) is 10.8. The Bertz CT molecular complexity index is 1100. The van der Waals surface area contributed by atoms with Gasteiger partial charge in [-0.05, 0) is 72.6 Å². The molecule has 0 aromatic heterocycles. The topological polar surface area (TPSA) is 46.6 Å². The lowest BCUT2D eigenvalue weighted by Crippen LogP contribution is -2.43. The van der Waals surface area contributed by atoms with Crippen LogP contribution in [-0.4, -0.2) is 34.3 Å². The fourth-order valence-electron chi connectivity index (χ4n) is 6.53. The maximum Gasteiger partial charge on any atom is 0.179 e. The first-order chi connectivity index (χ1) is 15.0. The summed E-state index contributed by atoms with van der Waals surface area (Å²) in [4.78, 5) is 33.7. The number of rotatable bonds is 3. The normalized spacial score (nSPS) is 30.6. The third kappa shape index (κ3) is 3.11. The molecule has 0 radical (unpaired) electrons. The number of carbonyl (C=O) groups excluding carboxylic acids is 2. The van der Waals surface area contributed by atoms with Crippen LogP contribution in [0.1, 0.15) is 58.1 Å². The van der Waals surface area contributed by atoms with Crippen LogP contribution < -0.4 is 0 Å². The molecule has 32 heavy (non-hydrogen) atoms. The minimum absolute atomic E-state index is 0.0150. The smallest absolute Gasteiger partial charge is 0.179 e. The molecule has 0 amide bonds. The highest BCUT2D eigenvalue weighted by molar-refractivity contribution is 6.30. The predicted octanol–water partition coefficient (Wildman–Crippen LogP) is 5.61. The molecule has 0 bridgehead atoms. The molecule has 0 N–H and O–H groups in total. The molecule has 2 aromatic rings.